The highest BCUT2D eigenvalue weighted by Gasteiger charge is 2.70. The van der Waals surface area contributed by atoms with Crippen molar-refractivity contribution < 1.29 is 28.2 Å². The van der Waals surface area contributed by atoms with Gasteiger partial charge in [0, 0.05) is 0 Å². The van der Waals surface area contributed by atoms with Gasteiger partial charge in [-0.3, -0.25) is 0 Å². The Bertz CT molecular complexity index is 836. The second-order valence-corrected chi connectivity index (χ2v) is 9.22. The molecule has 2 saturated heterocycles. The van der Waals surface area contributed by atoms with E-state index in [1.807, 2.05) is 20.8 Å². The normalized spacial score (nSPS) is 30.8. The molecule has 0 unspecified atom stereocenters. The zero-order valence-electron chi connectivity index (χ0n) is 14.0. The minimum Gasteiger partial charge on any atom is -0.506 e. The van der Waals surface area contributed by atoms with Gasteiger partial charge in [-0.15, -0.1) is 0 Å². The lowest BCUT2D eigenvalue weighted by atomic mass is 9.64. The van der Waals surface area contributed by atoms with Crippen molar-refractivity contribution in [3.63, 3.8) is 0 Å². The van der Waals surface area contributed by atoms with Gasteiger partial charge in [-0.2, -0.15) is 0 Å². The molecule has 132 valence electrons. The van der Waals surface area contributed by atoms with Crippen molar-refractivity contribution in [1.82, 2.24) is 4.72 Å². The van der Waals surface area contributed by atoms with Crippen LogP contribution in [-0.2, 0) is 14.8 Å². The molecule has 7 nitrogen and oxygen atoms in total. The number of sulfonamides is 1. The summed E-state index contributed by atoms with van der Waals surface area (Å²) in [6.07, 6.45) is 1.06. The second-order valence-electron chi connectivity index (χ2n) is 7.57. The average molecular weight is 355 g/mol. The number of carboxylic acid groups (broad SMARTS) is 1. The Morgan fingerprint density at radius 2 is 1.83 bits per heavy atom. The van der Waals surface area contributed by atoms with Crippen LogP contribution in [0.25, 0.3) is 0 Å². The van der Waals surface area contributed by atoms with Crippen molar-refractivity contribution in [3.05, 3.63) is 23.3 Å². The Labute approximate surface area is 140 Å². The molecule has 0 amide bonds. The van der Waals surface area contributed by atoms with E-state index in [0.717, 1.165) is 0 Å². The summed E-state index contributed by atoms with van der Waals surface area (Å²) in [5.41, 5.74) is -1.81. The molecule has 0 radical (unpaired) electrons. The summed E-state index contributed by atoms with van der Waals surface area (Å²) in [4.78, 5) is 10.8. The first kappa shape index (κ1) is 17.2. The molecule has 24 heavy (non-hydrogen) atoms. The van der Waals surface area contributed by atoms with Gasteiger partial charge < -0.3 is 14.9 Å². The molecule has 3 aliphatic rings. The third-order valence-corrected chi connectivity index (χ3v) is 6.62. The zero-order valence-corrected chi connectivity index (χ0v) is 14.8. The van der Waals surface area contributed by atoms with Crippen LogP contribution in [0.15, 0.2) is 17.0 Å². The topological polar surface area (TPSA) is 113 Å². The Morgan fingerprint density at radius 1 is 1.25 bits per heavy atom. The first-order chi connectivity index (χ1) is 10.8. The van der Waals surface area contributed by atoms with Gasteiger partial charge in [-0.1, -0.05) is 0 Å². The van der Waals surface area contributed by atoms with E-state index < -0.39 is 43.3 Å². The highest BCUT2D eigenvalue weighted by atomic mass is 32.2. The van der Waals surface area contributed by atoms with E-state index in [0.29, 0.717) is 18.4 Å². The number of fused-ring (bicyclic) bond motifs is 1. The summed E-state index contributed by atoms with van der Waals surface area (Å²) in [7, 11) is -4.11. The molecule has 3 fully saturated rings. The molecule has 1 aromatic rings. The number of hydrogen-bond acceptors (Lipinski definition) is 5. The molecule has 2 bridgehead atoms. The van der Waals surface area contributed by atoms with Crippen LogP contribution in [0.1, 0.15) is 49.5 Å². The zero-order chi connectivity index (χ0) is 18.1. The first-order valence-electron chi connectivity index (χ1n) is 7.62. The maximum absolute atomic E-state index is 12.8. The number of aromatic hydroxyl groups is 1. The molecular weight excluding hydrogens is 334 g/mol. The Balaban J connectivity index is 2.03. The quantitative estimate of drug-likeness (QED) is 0.759. The Kier molecular flexibility index (Phi) is 3.37. The van der Waals surface area contributed by atoms with E-state index in [4.69, 9.17) is 9.84 Å². The molecule has 8 heteroatoms. The smallest absolute Gasteiger partial charge is 0.339 e. The Hall–Kier alpha value is -1.64. The number of rotatable bonds is 4. The molecule has 1 aliphatic carbocycles. The maximum atomic E-state index is 12.8. The molecule has 1 aromatic carbocycles. The van der Waals surface area contributed by atoms with E-state index in [2.05, 4.69) is 4.72 Å². The van der Waals surface area contributed by atoms with Crippen molar-refractivity contribution in [2.24, 2.45) is 0 Å². The van der Waals surface area contributed by atoms with Crippen LogP contribution in [0, 0.1) is 6.92 Å². The van der Waals surface area contributed by atoms with Gasteiger partial charge >= 0.3 is 5.97 Å². The number of benzene rings is 1. The average Bonchev–Trinajstić information content (AvgIpc) is 2.67. The lowest BCUT2D eigenvalue weighted by Crippen LogP contribution is -2.63. The molecule has 2 heterocycles. The number of nitrogens with one attached hydrogen (secondary N) is 1. The molecule has 0 spiro atoms. The third-order valence-electron chi connectivity index (χ3n) is 5.07. The highest BCUT2D eigenvalue weighted by Crippen LogP contribution is 2.60. The standard InChI is InChI=1S/C16H21NO6S/c1-9-5-10(13(19)20)12(18)11(6-9)24(21,22)17-16-7-15(4,8-16)23-14(16,2)3/h5-6,17-18H,7-8H2,1-4H3,(H,19,20). The number of hydrogen-bond donors (Lipinski definition) is 3. The number of aryl methyl sites for hydroxylation is 1. The lowest BCUT2D eigenvalue weighted by Gasteiger charge is -2.45. The molecule has 4 rings (SSSR count). The molecule has 1 saturated carbocycles. The molecular formula is C16H21NO6S. The van der Waals surface area contributed by atoms with Gasteiger partial charge in [0.05, 0.1) is 16.7 Å². The SMILES string of the molecule is Cc1cc(C(=O)O)c(O)c(S(=O)(=O)NC23CC(C)(C2)OC3(C)C)c1. The fourth-order valence-corrected chi connectivity index (χ4v) is 5.78. The largest absolute Gasteiger partial charge is 0.506 e. The summed E-state index contributed by atoms with van der Waals surface area (Å²) in [6, 6.07) is 2.50. The predicted molar refractivity (Wildman–Crippen MR) is 85.7 cm³/mol. The van der Waals surface area contributed by atoms with Gasteiger partial charge in [0.2, 0.25) is 10.0 Å². The third kappa shape index (κ3) is 2.32. The Morgan fingerprint density at radius 3 is 2.29 bits per heavy atom. The van der Waals surface area contributed by atoms with Crippen LogP contribution >= 0.6 is 0 Å². The first-order valence-corrected chi connectivity index (χ1v) is 9.10. The summed E-state index contributed by atoms with van der Waals surface area (Å²) < 4.78 is 34.3. The van der Waals surface area contributed by atoms with Crippen LogP contribution in [0.4, 0.5) is 0 Å². The maximum Gasteiger partial charge on any atom is 0.339 e. The minimum atomic E-state index is -4.11. The van der Waals surface area contributed by atoms with Gasteiger partial charge in [0.15, 0.2) is 0 Å². The monoisotopic (exact) mass is 355 g/mol. The fraction of sp³-hybridized carbons (Fsp3) is 0.562. The summed E-state index contributed by atoms with van der Waals surface area (Å²) in [5.74, 6) is -2.14. The highest BCUT2D eigenvalue weighted by molar-refractivity contribution is 7.89. The van der Waals surface area contributed by atoms with Crippen LogP contribution in [0.2, 0.25) is 0 Å². The molecule has 2 aliphatic heterocycles. The molecule has 0 atom stereocenters. The summed E-state index contributed by atoms with van der Waals surface area (Å²) in [5, 5.41) is 19.3. The van der Waals surface area contributed by atoms with Crippen molar-refractivity contribution in [3.8, 4) is 5.75 Å². The lowest BCUT2D eigenvalue weighted by molar-refractivity contribution is -0.0426. The van der Waals surface area contributed by atoms with E-state index in [-0.39, 0.29) is 5.60 Å². The second kappa shape index (κ2) is 4.71. The minimum absolute atomic E-state index is 0.354. The van der Waals surface area contributed by atoms with Crippen LogP contribution in [0.5, 0.6) is 5.75 Å². The van der Waals surface area contributed by atoms with Gasteiger partial charge in [0.25, 0.3) is 0 Å². The van der Waals surface area contributed by atoms with Crippen molar-refractivity contribution in [1.29, 1.82) is 0 Å². The number of phenols is 1. The van der Waals surface area contributed by atoms with E-state index in [9.17, 15) is 18.3 Å². The van der Waals surface area contributed by atoms with Crippen molar-refractivity contribution in [2.45, 2.75) is 62.2 Å². The number of carboxylic acids is 1. The van der Waals surface area contributed by atoms with E-state index in [1.54, 1.807) is 6.92 Å². The van der Waals surface area contributed by atoms with Crippen LogP contribution in [-0.4, -0.2) is 41.3 Å². The molecule has 0 aromatic heterocycles. The van der Waals surface area contributed by atoms with Crippen molar-refractivity contribution >= 4 is 16.0 Å². The molecule has 3 N–H and O–H groups in total. The van der Waals surface area contributed by atoms with E-state index in [1.165, 1.54) is 12.1 Å². The summed E-state index contributed by atoms with van der Waals surface area (Å²) in [6.45, 7) is 7.16. The van der Waals surface area contributed by atoms with Crippen LogP contribution in [0.3, 0.4) is 0 Å². The van der Waals surface area contributed by atoms with Gasteiger partial charge in [-0.25, -0.2) is 17.9 Å². The van der Waals surface area contributed by atoms with Crippen molar-refractivity contribution in [2.75, 3.05) is 0 Å². The summed E-state index contributed by atoms with van der Waals surface area (Å²) >= 11 is 0. The predicted octanol–water partition coefficient (Wildman–Crippen LogP) is 1.78. The fourth-order valence-electron chi connectivity index (χ4n) is 4.06. The van der Waals surface area contributed by atoms with Gasteiger partial charge in [-0.05, 0) is 58.2 Å². The van der Waals surface area contributed by atoms with Gasteiger partial charge in [0.1, 0.15) is 16.2 Å². The van der Waals surface area contributed by atoms with Crippen LogP contribution < -0.4 is 4.72 Å². The van der Waals surface area contributed by atoms with E-state index >= 15 is 0 Å². The number of ether oxygens (including phenoxy) is 1. The number of carbonyl (C=O) groups is 1. The number of aromatic carboxylic acids is 1.